The summed E-state index contributed by atoms with van der Waals surface area (Å²) in [6.45, 7) is 7.63. The van der Waals surface area contributed by atoms with Crippen LogP contribution in [0.3, 0.4) is 0 Å². The smallest absolute Gasteiger partial charge is 0.338 e. The van der Waals surface area contributed by atoms with Crippen LogP contribution in [-0.2, 0) is 14.0 Å². The predicted octanol–water partition coefficient (Wildman–Crippen LogP) is 4.44. The summed E-state index contributed by atoms with van der Waals surface area (Å²) in [6.07, 6.45) is -1.17. The van der Waals surface area contributed by atoms with E-state index in [0.29, 0.717) is 5.56 Å². The summed E-state index contributed by atoms with van der Waals surface area (Å²) in [4.78, 5) is 24.9. The average Bonchev–Trinajstić information content (AvgIpc) is 2.95. The van der Waals surface area contributed by atoms with Gasteiger partial charge in [-0.3, -0.25) is 4.79 Å². The normalized spacial score (nSPS) is 13.4. The molecule has 0 aliphatic carbocycles. The van der Waals surface area contributed by atoms with Crippen LogP contribution in [0.1, 0.15) is 38.1 Å². The van der Waals surface area contributed by atoms with Crippen LogP contribution in [0.15, 0.2) is 103 Å². The lowest BCUT2D eigenvalue weighted by atomic mass is 10.1. The van der Waals surface area contributed by atoms with Gasteiger partial charge in [-0.05, 0) is 38.3 Å². The SMILES string of the molecule is CC(=O)N[C@H](CO[Si](c1ccccc1)(c1ccccc1)C(C)(C)C)[C@H](O)COC(=O)c1ccc2ccccc2c1. The highest BCUT2D eigenvalue weighted by Gasteiger charge is 2.50. The van der Waals surface area contributed by atoms with Crippen LogP contribution in [0, 0.1) is 0 Å². The van der Waals surface area contributed by atoms with E-state index >= 15 is 0 Å². The van der Waals surface area contributed by atoms with Crippen molar-refractivity contribution in [2.45, 2.75) is 44.9 Å². The van der Waals surface area contributed by atoms with Crippen LogP contribution in [0.2, 0.25) is 5.04 Å². The number of aliphatic hydroxyl groups excluding tert-OH is 1. The van der Waals surface area contributed by atoms with E-state index in [1.165, 1.54) is 6.92 Å². The Labute approximate surface area is 237 Å². The van der Waals surface area contributed by atoms with Gasteiger partial charge >= 0.3 is 5.97 Å². The number of hydrogen-bond donors (Lipinski definition) is 2. The summed E-state index contributed by atoms with van der Waals surface area (Å²) in [5.74, 6) is -0.852. The molecule has 0 heterocycles. The molecule has 0 fully saturated rings. The number of benzene rings is 4. The zero-order valence-electron chi connectivity index (χ0n) is 23.5. The first kappa shape index (κ1) is 29.2. The average molecular weight is 556 g/mol. The van der Waals surface area contributed by atoms with Crippen LogP contribution in [0.5, 0.6) is 0 Å². The molecule has 0 aliphatic rings. The molecule has 208 valence electrons. The first-order chi connectivity index (χ1) is 19.1. The standard InChI is InChI=1S/C33H37NO5Si/c1-24(35)34-30(31(36)23-38-32(37)27-20-19-25-13-11-12-14-26(25)21-27)22-39-40(33(2,3)4,28-15-7-5-8-16-28)29-17-9-6-10-18-29/h5-21,30-31,36H,22-23H2,1-4H3,(H,34,35)/t30-,31-/m1/s1. The van der Waals surface area contributed by atoms with Crippen LogP contribution >= 0.6 is 0 Å². The van der Waals surface area contributed by atoms with Crippen LogP contribution in [-0.4, -0.2) is 50.7 Å². The van der Waals surface area contributed by atoms with Crippen molar-refractivity contribution in [3.05, 3.63) is 109 Å². The molecule has 6 nitrogen and oxygen atoms in total. The Hall–Kier alpha value is -3.78. The van der Waals surface area contributed by atoms with E-state index in [4.69, 9.17) is 9.16 Å². The second-order valence-corrected chi connectivity index (χ2v) is 15.3. The van der Waals surface area contributed by atoms with Crippen molar-refractivity contribution in [3.8, 4) is 0 Å². The fraction of sp³-hybridized carbons (Fsp3) is 0.273. The van der Waals surface area contributed by atoms with Gasteiger partial charge < -0.3 is 19.6 Å². The van der Waals surface area contributed by atoms with Crippen molar-refractivity contribution in [1.29, 1.82) is 0 Å². The molecule has 7 heteroatoms. The lowest BCUT2D eigenvalue weighted by molar-refractivity contribution is -0.121. The predicted molar refractivity (Wildman–Crippen MR) is 161 cm³/mol. The number of fused-ring (bicyclic) bond motifs is 1. The topological polar surface area (TPSA) is 84.9 Å². The quantitative estimate of drug-likeness (QED) is 0.223. The van der Waals surface area contributed by atoms with E-state index in [1.54, 1.807) is 12.1 Å². The molecule has 40 heavy (non-hydrogen) atoms. The molecule has 0 unspecified atom stereocenters. The van der Waals surface area contributed by atoms with Crippen molar-refractivity contribution in [1.82, 2.24) is 5.32 Å². The highest BCUT2D eigenvalue weighted by Crippen LogP contribution is 2.36. The maximum Gasteiger partial charge on any atom is 0.338 e. The minimum absolute atomic E-state index is 0.0432. The fourth-order valence-electron chi connectivity index (χ4n) is 5.16. The number of esters is 1. The number of hydrogen-bond acceptors (Lipinski definition) is 5. The molecular formula is C33H37NO5Si. The van der Waals surface area contributed by atoms with Gasteiger partial charge in [0.05, 0.1) is 18.2 Å². The summed E-state index contributed by atoms with van der Waals surface area (Å²) < 4.78 is 12.4. The lowest BCUT2D eigenvalue weighted by Gasteiger charge is -2.44. The Kier molecular flexibility index (Phi) is 9.20. The summed E-state index contributed by atoms with van der Waals surface area (Å²) >= 11 is 0. The van der Waals surface area contributed by atoms with Crippen molar-refractivity contribution in [2.75, 3.05) is 13.2 Å². The van der Waals surface area contributed by atoms with Gasteiger partial charge in [0.15, 0.2) is 0 Å². The summed E-state index contributed by atoms with van der Waals surface area (Å²) in [7, 11) is -2.90. The molecular weight excluding hydrogens is 518 g/mol. The van der Waals surface area contributed by atoms with E-state index in [0.717, 1.165) is 21.1 Å². The van der Waals surface area contributed by atoms with E-state index in [9.17, 15) is 14.7 Å². The molecule has 0 saturated heterocycles. The maximum absolute atomic E-state index is 12.8. The van der Waals surface area contributed by atoms with Crippen molar-refractivity contribution >= 4 is 41.3 Å². The zero-order valence-corrected chi connectivity index (χ0v) is 24.5. The highest BCUT2D eigenvalue weighted by atomic mass is 28.4. The fourth-order valence-corrected chi connectivity index (χ4v) is 9.75. The zero-order chi connectivity index (χ0) is 28.8. The summed E-state index contributed by atoms with van der Waals surface area (Å²) in [5.41, 5.74) is 0.394. The molecule has 4 aromatic carbocycles. The Bertz CT molecular complexity index is 1400. The Morgan fingerprint density at radius 2 is 1.35 bits per heavy atom. The summed E-state index contributed by atoms with van der Waals surface area (Å²) in [5, 5.41) is 17.8. The Morgan fingerprint density at radius 3 is 1.90 bits per heavy atom. The van der Waals surface area contributed by atoms with E-state index in [1.807, 2.05) is 66.7 Å². The van der Waals surface area contributed by atoms with Crippen LogP contribution in [0.4, 0.5) is 0 Å². The van der Waals surface area contributed by atoms with Crippen molar-refractivity contribution in [3.63, 3.8) is 0 Å². The molecule has 0 saturated carbocycles. The molecule has 0 radical (unpaired) electrons. The van der Waals surface area contributed by atoms with Gasteiger partial charge in [-0.1, -0.05) is 112 Å². The highest BCUT2D eigenvalue weighted by molar-refractivity contribution is 6.99. The third-order valence-corrected chi connectivity index (χ3v) is 12.1. The first-order valence-corrected chi connectivity index (χ1v) is 15.4. The Balaban J connectivity index is 1.56. The van der Waals surface area contributed by atoms with E-state index < -0.39 is 26.4 Å². The summed E-state index contributed by atoms with van der Waals surface area (Å²) in [6, 6.07) is 32.6. The second-order valence-electron chi connectivity index (χ2n) is 11.0. The third-order valence-electron chi connectivity index (χ3n) is 7.12. The number of nitrogens with one attached hydrogen (secondary N) is 1. The largest absolute Gasteiger partial charge is 0.459 e. The third kappa shape index (κ3) is 6.50. The minimum Gasteiger partial charge on any atom is -0.459 e. The van der Waals surface area contributed by atoms with Crippen LogP contribution in [0.25, 0.3) is 10.8 Å². The van der Waals surface area contributed by atoms with E-state index in [2.05, 4.69) is 50.4 Å². The molecule has 0 bridgehead atoms. The molecule has 1 amide bonds. The lowest BCUT2D eigenvalue weighted by Crippen LogP contribution is -2.67. The molecule has 0 aromatic heterocycles. The number of carbonyl (C=O) groups is 2. The second kappa shape index (κ2) is 12.6. The van der Waals surface area contributed by atoms with E-state index in [-0.39, 0.29) is 24.2 Å². The molecule has 0 aliphatic heterocycles. The van der Waals surface area contributed by atoms with Gasteiger partial charge in [0.25, 0.3) is 8.32 Å². The molecule has 0 spiro atoms. The van der Waals surface area contributed by atoms with Crippen LogP contribution < -0.4 is 15.7 Å². The molecule has 4 aromatic rings. The molecule has 2 N–H and O–H groups in total. The number of rotatable bonds is 10. The minimum atomic E-state index is -2.90. The van der Waals surface area contributed by atoms with Gasteiger partial charge in [0.2, 0.25) is 5.91 Å². The maximum atomic E-state index is 12.8. The van der Waals surface area contributed by atoms with Gasteiger partial charge in [-0.2, -0.15) is 0 Å². The van der Waals surface area contributed by atoms with Gasteiger partial charge in [-0.25, -0.2) is 4.79 Å². The van der Waals surface area contributed by atoms with Gasteiger partial charge in [0, 0.05) is 6.92 Å². The molecule has 2 atom stereocenters. The Morgan fingerprint density at radius 1 is 0.800 bits per heavy atom. The number of carbonyl (C=O) groups excluding carboxylic acids is 2. The van der Waals surface area contributed by atoms with Crippen molar-refractivity contribution in [2.24, 2.45) is 0 Å². The van der Waals surface area contributed by atoms with Gasteiger partial charge in [-0.15, -0.1) is 0 Å². The first-order valence-electron chi connectivity index (χ1n) is 13.5. The monoisotopic (exact) mass is 555 g/mol. The molecule has 4 rings (SSSR count). The number of amides is 1. The number of aliphatic hydroxyl groups is 1. The van der Waals surface area contributed by atoms with Crippen molar-refractivity contribution < 1.29 is 23.9 Å². The van der Waals surface area contributed by atoms with Gasteiger partial charge in [0.1, 0.15) is 12.7 Å². The number of ether oxygens (including phenoxy) is 1.